The number of carbonyl (C=O) groups excluding carboxylic acids is 1. The van der Waals surface area contributed by atoms with Crippen LogP contribution in [-0.2, 0) is 4.79 Å². The number of nitrogens with one attached hydrogen (secondary N) is 1. The molecular weight excluding hydrogens is 240 g/mol. The smallest absolute Gasteiger partial charge is 0.250 e. The minimum atomic E-state index is -0.245. The summed E-state index contributed by atoms with van der Waals surface area (Å²) in [7, 11) is 0. The van der Waals surface area contributed by atoms with Gasteiger partial charge in [-0.25, -0.2) is 0 Å². The van der Waals surface area contributed by atoms with Gasteiger partial charge in [-0.2, -0.15) is 0 Å². The number of fused-ring (bicyclic) bond motifs is 1. The minimum Gasteiger partial charge on any atom is -0.493 e. The number of carbonyl (C=O) groups is 1. The van der Waals surface area contributed by atoms with Crippen LogP contribution in [0.2, 0.25) is 0 Å². The van der Waals surface area contributed by atoms with E-state index in [0.717, 1.165) is 23.6 Å². The molecule has 2 unspecified atom stereocenters. The predicted molar refractivity (Wildman–Crippen MR) is 73.5 cm³/mol. The maximum Gasteiger partial charge on any atom is 0.250 e. The second-order valence-corrected chi connectivity index (χ2v) is 5.42. The van der Waals surface area contributed by atoms with Crippen molar-refractivity contribution >= 4 is 11.7 Å². The lowest BCUT2D eigenvalue weighted by Crippen LogP contribution is -2.34. The van der Waals surface area contributed by atoms with Crippen LogP contribution in [0.4, 0.5) is 0 Å². The van der Waals surface area contributed by atoms with Gasteiger partial charge in [-0.1, -0.05) is 32.0 Å². The number of ether oxygens (including phenoxy) is 1. The Bertz CT molecular complexity index is 537. The van der Waals surface area contributed by atoms with Crippen LogP contribution in [0.1, 0.15) is 31.7 Å². The topological polar surface area (TPSA) is 50.7 Å². The van der Waals surface area contributed by atoms with Crippen LogP contribution in [0.15, 0.2) is 29.3 Å². The highest BCUT2D eigenvalue weighted by Crippen LogP contribution is 2.35. The van der Waals surface area contributed by atoms with Gasteiger partial charge < -0.3 is 10.1 Å². The van der Waals surface area contributed by atoms with Gasteiger partial charge in [0.05, 0.1) is 6.61 Å². The molecule has 0 saturated heterocycles. The number of amidine groups is 1. The number of hydrogen-bond donors (Lipinski definition) is 1. The largest absolute Gasteiger partial charge is 0.493 e. The van der Waals surface area contributed by atoms with E-state index in [-0.39, 0.29) is 23.8 Å². The van der Waals surface area contributed by atoms with Crippen LogP contribution in [-0.4, -0.2) is 24.4 Å². The second-order valence-electron chi connectivity index (χ2n) is 5.42. The van der Waals surface area contributed by atoms with Gasteiger partial charge in [-0.3, -0.25) is 9.79 Å². The molecule has 2 heterocycles. The van der Waals surface area contributed by atoms with Crippen molar-refractivity contribution in [2.24, 2.45) is 10.9 Å². The van der Waals surface area contributed by atoms with Crippen molar-refractivity contribution < 1.29 is 9.53 Å². The Kier molecular flexibility index (Phi) is 3.01. The Hall–Kier alpha value is -1.84. The standard InChI is InChI=1S/C15H18N2O2/c1-9(2)13-15(18)17-14(16-13)11-7-8-19-12-6-4-3-5-10(11)12/h3-6,9,11,13H,7-8H2,1-2H3,(H,16,17,18). The highest BCUT2D eigenvalue weighted by Gasteiger charge is 2.35. The number of nitrogens with zero attached hydrogens (tertiary/aromatic N) is 1. The third kappa shape index (κ3) is 2.11. The van der Waals surface area contributed by atoms with Crippen LogP contribution >= 0.6 is 0 Å². The molecule has 1 aromatic carbocycles. The fourth-order valence-electron chi connectivity index (χ4n) is 2.70. The normalized spacial score (nSPS) is 25.6. The zero-order chi connectivity index (χ0) is 13.4. The van der Waals surface area contributed by atoms with Crippen molar-refractivity contribution in [3.05, 3.63) is 29.8 Å². The molecule has 1 amide bonds. The van der Waals surface area contributed by atoms with E-state index in [4.69, 9.17) is 4.74 Å². The van der Waals surface area contributed by atoms with Crippen molar-refractivity contribution in [3.8, 4) is 5.75 Å². The lowest BCUT2D eigenvalue weighted by Gasteiger charge is -2.25. The van der Waals surface area contributed by atoms with Crippen LogP contribution in [0.5, 0.6) is 5.75 Å². The highest BCUT2D eigenvalue weighted by molar-refractivity contribution is 6.08. The molecule has 3 rings (SSSR count). The fourth-order valence-corrected chi connectivity index (χ4v) is 2.70. The summed E-state index contributed by atoms with van der Waals surface area (Å²) < 4.78 is 5.65. The number of rotatable bonds is 2. The molecule has 19 heavy (non-hydrogen) atoms. The molecule has 0 aromatic heterocycles. The summed E-state index contributed by atoms with van der Waals surface area (Å²) in [6.07, 6.45) is 0.862. The Morgan fingerprint density at radius 2 is 2.16 bits per heavy atom. The molecule has 2 atom stereocenters. The number of benzene rings is 1. The van der Waals surface area contributed by atoms with E-state index in [1.165, 1.54) is 0 Å². The Balaban J connectivity index is 1.93. The molecule has 0 bridgehead atoms. The summed E-state index contributed by atoms with van der Waals surface area (Å²) in [4.78, 5) is 16.5. The molecule has 2 aliphatic heterocycles. The molecule has 4 nitrogen and oxygen atoms in total. The van der Waals surface area contributed by atoms with Crippen LogP contribution in [0, 0.1) is 5.92 Å². The van der Waals surface area contributed by atoms with Gasteiger partial charge in [-0.05, 0) is 18.4 Å². The van der Waals surface area contributed by atoms with Gasteiger partial charge in [-0.15, -0.1) is 0 Å². The van der Waals surface area contributed by atoms with Gasteiger partial charge in [0.15, 0.2) is 0 Å². The van der Waals surface area contributed by atoms with Crippen molar-refractivity contribution in [1.29, 1.82) is 0 Å². The van der Waals surface area contributed by atoms with E-state index >= 15 is 0 Å². The van der Waals surface area contributed by atoms with E-state index in [9.17, 15) is 4.79 Å². The number of para-hydroxylation sites is 1. The molecule has 0 saturated carbocycles. The fraction of sp³-hybridized carbons (Fsp3) is 0.467. The molecule has 0 spiro atoms. The maximum absolute atomic E-state index is 11.9. The molecule has 0 fully saturated rings. The molecule has 2 aliphatic rings. The Morgan fingerprint density at radius 1 is 1.37 bits per heavy atom. The van der Waals surface area contributed by atoms with Gasteiger partial charge in [0.1, 0.15) is 17.6 Å². The van der Waals surface area contributed by atoms with Gasteiger partial charge in [0, 0.05) is 11.5 Å². The SMILES string of the molecule is CC(C)C1N=C(C2CCOc3ccccc32)NC1=O. The van der Waals surface area contributed by atoms with Crippen LogP contribution in [0.25, 0.3) is 0 Å². The third-order valence-electron chi connectivity index (χ3n) is 3.72. The van der Waals surface area contributed by atoms with E-state index < -0.39 is 0 Å². The monoisotopic (exact) mass is 258 g/mol. The molecule has 1 N–H and O–H groups in total. The van der Waals surface area contributed by atoms with Crippen LogP contribution in [0.3, 0.4) is 0 Å². The number of amides is 1. The molecule has 100 valence electrons. The summed E-state index contributed by atoms with van der Waals surface area (Å²) in [6.45, 7) is 4.71. The van der Waals surface area contributed by atoms with Crippen molar-refractivity contribution in [2.75, 3.05) is 6.61 Å². The zero-order valence-corrected chi connectivity index (χ0v) is 11.2. The van der Waals surface area contributed by atoms with Crippen molar-refractivity contribution in [1.82, 2.24) is 5.32 Å². The summed E-state index contributed by atoms with van der Waals surface area (Å²) in [5.74, 6) is 2.11. The summed E-state index contributed by atoms with van der Waals surface area (Å²) >= 11 is 0. The van der Waals surface area contributed by atoms with Crippen LogP contribution < -0.4 is 10.1 Å². The van der Waals surface area contributed by atoms with E-state index in [2.05, 4.69) is 16.4 Å². The molecular formula is C15H18N2O2. The van der Waals surface area contributed by atoms with E-state index in [1.54, 1.807) is 0 Å². The first-order chi connectivity index (χ1) is 9.16. The van der Waals surface area contributed by atoms with Crippen molar-refractivity contribution in [3.63, 3.8) is 0 Å². The van der Waals surface area contributed by atoms with Crippen molar-refractivity contribution in [2.45, 2.75) is 32.2 Å². The molecule has 0 aliphatic carbocycles. The van der Waals surface area contributed by atoms with E-state index in [1.807, 2.05) is 32.0 Å². The van der Waals surface area contributed by atoms with Gasteiger partial charge in [0.25, 0.3) is 0 Å². The average Bonchev–Trinajstić information content (AvgIpc) is 2.80. The highest BCUT2D eigenvalue weighted by atomic mass is 16.5. The van der Waals surface area contributed by atoms with E-state index in [0.29, 0.717) is 6.61 Å². The summed E-state index contributed by atoms with van der Waals surface area (Å²) in [5.41, 5.74) is 1.12. The molecule has 1 aromatic rings. The first-order valence-electron chi connectivity index (χ1n) is 6.77. The summed E-state index contributed by atoms with van der Waals surface area (Å²) in [6, 6.07) is 7.74. The maximum atomic E-state index is 11.9. The Morgan fingerprint density at radius 3 is 2.89 bits per heavy atom. The number of aliphatic imine (C=N–C) groups is 1. The molecule has 0 radical (unpaired) electrons. The summed E-state index contributed by atoms with van der Waals surface area (Å²) in [5, 5.41) is 2.95. The average molecular weight is 258 g/mol. The predicted octanol–water partition coefficient (Wildman–Crippen LogP) is 2.11. The third-order valence-corrected chi connectivity index (χ3v) is 3.72. The van der Waals surface area contributed by atoms with Gasteiger partial charge in [0.2, 0.25) is 5.91 Å². The second kappa shape index (κ2) is 4.68. The molecule has 4 heteroatoms. The minimum absolute atomic E-state index is 0.0222. The first-order valence-corrected chi connectivity index (χ1v) is 6.77. The number of hydrogen-bond acceptors (Lipinski definition) is 3. The van der Waals surface area contributed by atoms with Gasteiger partial charge >= 0.3 is 0 Å². The quantitative estimate of drug-likeness (QED) is 0.883. The lowest BCUT2D eigenvalue weighted by atomic mass is 9.92. The lowest BCUT2D eigenvalue weighted by molar-refractivity contribution is -0.120. The zero-order valence-electron chi connectivity index (χ0n) is 11.2. The Labute approximate surface area is 112 Å². The first kappa shape index (κ1) is 12.2.